The van der Waals surface area contributed by atoms with E-state index in [9.17, 15) is 9.59 Å². The fourth-order valence-electron chi connectivity index (χ4n) is 2.83. The van der Waals surface area contributed by atoms with Crippen molar-refractivity contribution in [2.75, 3.05) is 34.4 Å². The van der Waals surface area contributed by atoms with Gasteiger partial charge in [-0.3, -0.25) is 9.59 Å². The summed E-state index contributed by atoms with van der Waals surface area (Å²) in [7, 11) is 5.46. The van der Waals surface area contributed by atoms with E-state index in [1.54, 1.807) is 13.2 Å². The smallest absolute Gasteiger partial charge is 0.306 e. The van der Waals surface area contributed by atoms with Gasteiger partial charge in [0.25, 0.3) is 0 Å². The number of carbonyl (C=O) groups excluding carboxylic acids is 1. The van der Waals surface area contributed by atoms with Gasteiger partial charge in [-0.05, 0) is 43.9 Å². The highest BCUT2D eigenvalue weighted by Crippen LogP contribution is 2.28. The summed E-state index contributed by atoms with van der Waals surface area (Å²) in [6, 6.07) is 14.9. The van der Waals surface area contributed by atoms with Crippen LogP contribution in [0.4, 0.5) is 0 Å². The molecule has 32 heavy (non-hydrogen) atoms. The molecule has 0 aromatic heterocycles. The van der Waals surface area contributed by atoms with Crippen molar-refractivity contribution in [3.05, 3.63) is 54.1 Å². The molecule has 0 heterocycles. The number of hydrogen-bond donors (Lipinski definition) is 1. The minimum atomic E-state index is -1.04. The molecule has 174 valence electrons. The van der Waals surface area contributed by atoms with Gasteiger partial charge >= 0.3 is 11.9 Å². The summed E-state index contributed by atoms with van der Waals surface area (Å²) in [6.07, 6.45) is -0.390. The van der Waals surface area contributed by atoms with Crippen molar-refractivity contribution in [2.45, 2.75) is 32.0 Å². The molecule has 0 amide bonds. The van der Waals surface area contributed by atoms with E-state index in [0.29, 0.717) is 31.1 Å². The lowest BCUT2D eigenvalue weighted by Gasteiger charge is -2.21. The second-order valence-corrected chi connectivity index (χ2v) is 7.50. The molecule has 0 fully saturated rings. The number of benzene rings is 2. The standard InChI is InChI=1S/C24H31NO7/c1-25(2)14-13-20(32-24(28)12-11-23(26)27)17-31-22-10-5-4-9-21(22)30-16-18-7-6-8-19(15-18)29-3/h4-10,15,20H,11-14,16-17H2,1-3H3,(H,26,27)/t20-/m0/s1. The predicted molar refractivity (Wildman–Crippen MR) is 119 cm³/mol. The maximum atomic E-state index is 12.0. The second-order valence-electron chi connectivity index (χ2n) is 7.50. The Morgan fingerprint density at radius 2 is 1.72 bits per heavy atom. The number of carboxylic acids is 1. The van der Waals surface area contributed by atoms with Crippen molar-refractivity contribution in [3.63, 3.8) is 0 Å². The van der Waals surface area contributed by atoms with Crippen molar-refractivity contribution in [3.8, 4) is 17.2 Å². The number of hydrogen-bond acceptors (Lipinski definition) is 7. The van der Waals surface area contributed by atoms with Gasteiger partial charge in [0.2, 0.25) is 0 Å². The Morgan fingerprint density at radius 1 is 1.00 bits per heavy atom. The van der Waals surface area contributed by atoms with Gasteiger partial charge in [-0.2, -0.15) is 0 Å². The number of carboxylic acid groups (broad SMARTS) is 1. The van der Waals surface area contributed by atoms with Crippen LogP contribution in [0, 0.1) is 0 Å². The molecule has 2 aromatic carbocycles. The first kappa shape index (κ1) is 25.0. The van der Waals surface area contributed by atoms with Gasteiger partial charge < -0.3 is 29.0 Å². The molecule has 2 rings (SSSR count). The fraction of sp³-hybridized carbons (Fsp3) is 0.417. The molecule has 1 N–H and O–H groups in total. The Bertz CT molecular complexity index is 869. The third-order valence-corrected chi connectivity index (χ3v) is 4.54. The number of methoxy groups -OCH3 is 1. The molecule has 0 unspecified atom stereocenters. The number of aliphatic carboxylic acids is 1. The predicted octanol–water partition coefficient (Wildman–Crippen LogP) is 3.38. The van der Waals surface area contributed by atoms with Gasteiger partial charge in [-0.15, -0.1) is 0 Å². The lowest BCUT2D eigenvalue weighted by Crippen LogP contribution is -2.29. The van der Waals surface area contributed by atoms with Crippen LogP contribution < -0.4 is 14.2 Å². The molecule has 8 nitrogen and oxygen atoms in total. The molecule has 0 aliphatic rings. The summed E-state index contributed by atoms with van der Waals surface area (Å²) < 4.78 is 22.6. The van der Waals surface area contributed by atoms with Gasteiger partial charge in [0.15, 0.2) is 11.5 Å². The Morgan fingerprint density at radius 3 is 2.38 bits per heavy atom. The quantitative estimate of drug-likeness (QED) is 0.442. The van der Waals surface area contributed by atoms with E-state index < -0.39 is 18.0 Å². The van der Waals surface area contributed by atoms with Crippen LogP contribution in [0.1, 0.15) is 24.8 Å². The van der Waals surface area contributed by atoms with Crippen LogP contribution in [0.2, 0.25) is 0 Å². The highest BCUT2D eigenvalue weighted by Gasteiger charge is 2.18. The van der Waals surface area contributed by atoms with Crippen molar-refractivity contribution in [1.82, 2.24) is 4.90 Å². The van der Waals surface area contributed by atoms with Crippen molar-refractivity contribution in [1.29, 1.82) is 0 Å². The maximum absolute atomic E-state index is 12.0. The Labute approximate surface area is 188 Å². The van der Waals surface area contributed by atoms with E-state index in [0.717, 1.165) is 11.3 Å². The topological polar surface area (TPSA) is 94.5 Å². The lowest BCUT2D eigenvalue weighted by molar-refractivity contribution is -0.153. The van der Waals surface area contributed by atoms with Crippen molar-refractivity contribution in [2.24, 2.45) is 0 Å². The molecule has 8 heteroatoms. The molecule has 0 bridgehead atoms. The summed E-state index contributed by atoms with van der Waals surface area (Å²) in [5.41, 5.74) is 0.954. The van der Waals surface area contributed by atoms with Gasteiger partial charge in [-0.1, -0.05) is 24.3 Å². The zero-order valence-corrected chi connectivity index (χ0v) is 18.8. The molecule has 0 saturated carbocycles. The van der Waals surface area contributed by atoms with Crippen LogP contribution in [0.15, 0.2) is 48.5 Å². The number of esters is 1. The van der Waals surface area contributed by atoms with Crippen molar-refractivity contribution < 1.29 is 33.6 Å². The first-order chi connectivity index (χ1) is 15.4. The van der Waals surface area contributed by atoms with Crippen LogP contribution in [-0.2, 0) is 20.9 Å². The summed E-state index contributed by atoms with van der Waals surface area (Å²) in [6.45, 7) is 1.16. The monoisotopic (exact) mass is 445 g/mol. The number of ether oxygens (including phenoxy) is 4. The summed E-state index contributed by atoms with van der Waals surface area (Å²) >= 11 is 0. The summed E-state index contributed by atoms with van der Waals surface area (Å²) in [4.78, 5) is 24.7. The first-order valence-corrected chi connectivity index (χ1v) is 10.4. The highest BCUT2D eigenvalue weighted by atomic mass is 16.6. The molecule has 0 aliphatic carbocycles. The average Bonchev–Trinajstić information content (AvgIpc) is 2.78. The third-order valence-electron chi connectivity index (χ3n) is 4.54. The lowest BCUT2D eigenvalue weighted by atomic mass is 10.2. The summed E-state index contributed by atoms with van der Waals surface area (Å²) in [5, 5.41) is 8.76. The third kappa shape index (κ3) is 9.26. The zero-order valence-electron chi connectivity index (χ0n) is 18.8. The number of para-hydroxylation sites is 2. The van der Waals surface area contributed by atoms with E-state index in [2.05, 4.69) is 0 Å². The molecule has 1 atom stereocenters. The normalized spacial score (nSPS) is 11.6. The van der Waals surface area contributed by atoms with Gasteiger partial charge in [0.1, 0.15) is 25.1 Å². The molecular weight excluding hydrogens is 414 g/mol. The molecule has 0 saturated heterocycles. The fourth-order valence-corrected chi connectivity index (χ4v) is 2.83. The Hall–Kier alpha value is -3.26. The highest BCUT2D eigenvalue weighted by molar-refractivity contribution is 5.76. The number of carbonyl (C=O) groups is 2. The van der Waals surface area contributed by atoms with Crippen LogP contribution in [0.3, 0.4) is 0 Å². The first-order valence-electron chi connectivity index (χ1n) is 10.4. The Kier molecular flexibility index (Phi) is 10.3. The molecular formula is C24H31NO7. The minimum absolute atomic E-state index is 0.131. The van der Waals surface area contributed by atoms with E-state index in [1.165, 1.54) is 0 Å². The van der Waals surface area contributed by atoms with Crippen LogP contribution in [-0.4, -0.2) is 62.4 Å². The number of rotatable bonds is 14. The maximum Gasteiger partial charge on any atom is 0.306 e. The average molecular weight is 446 g/mol. The van der Waals surface area contributed by atoms with E-state index in [4.69, 9.17) is 24.1 Å². The van der Waals surface area contributed by atoms with Gasteiger partial charge in [-0.25, -0.2) is 0 Å². The Balaban J connectivity index is 1.98. The number of nitrogens with zero attached hydrogens (tertiary/aromatic N) is 1. The SMILES string of the molecule is COc1cccc(COc2ccccc2OC[C@H](CCN(C)C)OC(=O)CCC(=O)O)c1. The van der Waals surface area contributed by atoms with E-state index >= 15 is 0 Å². The van der Waals surface area contributed by atoms with Crippen LogP contribution >= 0.6 is 0 Å². The van der Waals surface area contributed by atoms with E-state index in [-0.39, 0.29) is 19.4 Å². The summed E-state index contributed by atoms with van der Waals surface area (Å²) in [5.74, 6) is 0.266. The van der Waals surface area contributed by atoms with Crippen LogP contribution in [0.5, 0.6) is 17.2 Å². The minimum Gasteiger partial charge on any atom is -0.497 e. The van der Waals surface area contributed by atoms with Crippen molar-refractivity contribution >= 4 is 11.9 Å². The zero-order chi connectivity index (χ0) is 23.3. The second kappa shape index (κ2) is 13.2. The van der Waals surface area contributed by atoms with E-state index in [1.807, 2.05) is 61.5 Å². The molecule has 2 aromatic rings. The molecule has 0 radical (unpaired) electrons. The van der Waals surface area contributed by atoms with Crippen LogP contribution in [0.25, 0.3) is 0 Å². The van der Waals surface area contributed by atoms with Gasteiger partial charge in [0, 0.05) is 13.0 Å². The molecule has 0 spiro atoms. The van der Waals surface area contributed by atoms with Gasteiger partial charge in [0.05, 0.1) is 20.0 Å². The molecule has 0 aliphatic heterocycles. The largest absolute Gasteiger partial charge is 0.497 e.